The van der Waals surface area contributed by atoms with Gasteiger partial charge in [0.25, 0.3) is 5.69 Å². The molecule has 0 aliphatic heterocycles. The number of carbonyl (C=O) groups is 1. The summed E-state index contributed by atoms with van der Waals surface area (Å²) in [6.07, 6.45) is -0.276. The molecule has 6 nitrogen and oxygen atoms in total. The summed E-state index contributed by atoms with van der Waals surface area (Å²) in [5, 5.41) is 19.9. The largest absolute Gasteiger partial charge is 0.466 e. The van der Waals surface area contributed by atoms with Crippen LogP contribution in [-0.4, -0.2) is 17.5 Å². The van der Waals surface area contributed by atoms with Crippen molar-refractivity contribution in [3.63, 3.8) is 0 Å². The highest BCUT2D eigenvalue weighted by Gasteiger charge is 2.23. The minimum Gasteiger partial charge on any atom is -0.466 e. The summed E-state index contributed by atoms with van der Waals surface area (Å²) in [4.78, 5) is 21.8. The van der Waals surface area contributed by atoms with Crippen LogP contribution in [0.5, 0.6) is 0 Å². The maximum Gasteiger partial charge on any atom is 0.310 e. The van der Waals surface area contributed by atoms with Gasteiger partial charge in [-0.2, -0.15) is 5.26 Å². The SMILES string of the molecule is CCOC(=O)Cc1c([N+](=O)[O-])ccc(C#N)c1CCl. The topological polar surface area (TPSA) is 93.2 Å². The first kappa shape index (κ1) is 14.9. The number of rotatable bonds is 5. The van der Waals surface area contributed by atoms with Crippen LogP contribution >= 0.6 is 11.6 Å². The summed E-state index contributed by atoms with van der Waals surface area (Å²) in [7, 11) is 0. The molecule has 7 heteroatoms. The van der Waals surface area contributed by atoms with Crippen LogP contribution in [0.1, 0.15) is 23.6 Å². The molecule has 0 saturated carbocycles. The summed E-state index contributed by atoms with van der Waals surface area (Å²) in [5.41, 5.74) is 0.423. The number of esters is 1. The first-order valence-corrected chi connectivity index (χ1v) is 5.99. The zero-order valence-corrected chi connectivity index (χ0v) is 10.9. The average Bonchev–Trinajstić information content (AvgIpc) is 2.37. The van der Waals surface area contributed by atoms with Crippen LogP contribution in [0.15, 0.2) is 12.1 Å². The van der Waals surface area contributed by atoms with E-state index >= 15 is 0 Å². The molecule has 0 radical (unpaired) electrons. The second-order valence-electron chi connectivity index (χ2n) is 3.57. The second kappa shape index (κ2) is 6.71. The zero-order valence-electron chi connectivity index (χ0n) is 10.2. The number of nitriles is 1. The molecule has 0 fully saturated rings. The lowest BCUT2D eigenvalue weighted by Crippen LogP contribution is -2.12. The third-order valence-electron chi connectivity index (χ3n) is 2.48. The van der Waals surface area contributed by atoms with Crippen molar-refractivity contribution in [3.8, 4) is 6.07 Å². The highest BCUT2D eigenvalue weighted by molar-refractivity contribution is 6.17. The third-order valence-corrected chi connectivity index (χ3v) is 2.75. The lowest BCUT2D eigenvalue weighted by atomic mass is 9.98. The molecule has 0 N–H and O–H groups in total. The number of alkyl halides is 1. The van der Waals surface area contributed by atoms with Gasteiger partial charge in [0.1, 0.15) is 0 Å². The molecule has 0 unspecified atom stereocenters. The fourth-order valence-corrected chi connectivity index (χ4v) is 1.97. The van der Waals surface area contributed by atoms with Gasteiger partial charge >= 0.3 is 5.97 Å². The van der Waals surface area contributed by atoms with E-state index < -0.39 is 10.9 Å². The first-order valence-electron chi connectivity index (χ1n) is 5.45. The Bertz CT molecular complexity index is 551. The van der Waals surface area contributed by atoms with E-state index in [1.54, 1.807) is 6.92 Å². The van der Waals surface area contributed by atoms with Gasteiger partial charge in [-0.25, -0.2) is 0 Å². The smallest absolute Gasteiger partial charge is 0.310 e. The maximum absolute atomic E-state index is 11.5. The van der Waals surface area contributed by atoms with Crippen LogP contribution < -0.4 is 0 Å². The Morgan fingerprint density at radius 1 is 1.53 bits per heavy atom. The second-order valence-corrected chi connectivity index (χ2v) is 3.84. The molecule has 19 heavy (non-hydrogen) atoms. The fourth-order valence-electron chi connectivity index (χ4n) is 1.66. The van der Waals surface area contributed by atoms with Crippen LogP contribution in [0.25, 0.3) is 0 Å². The van der Waals surface area contributed by atoms with Crippen molar-refractivity contribution < 1.29 is 14.5 Å². The molecule has 1 aromatic rings. The van der Waals surface area contributed by atoms with E-state index in [4.69, 9.17) is 21.6 Å². The fraction of sp³-hybridized carbons (Fsp3) is 0.333. The third kappa shape index (κ3) is 3.42. The Morgan fingerprint density at radius 2 is 2.21 bits per heavy atom. The standard InChI is InChI=1S/C12H11ClN2O4/c1-2-19-12(16)5-9-10(6-13)8(7-14)3-4-11(9)15(17)18/h3-4H,2,5-6H2,1H3. The Morgan fingerprint density at radius 3 is 2.68 bits per heavy atom. The molecule has 100 valence electrons. The van der Waals surface area contributed by atoms with Crippen molar-refractivity contribution in [1.82, 2.24) is 0 Å². The number of ether oxygens (including phenoxy) is 1. The van der Waals surface area contributed by atoms with Gasteiger partial charge in [-0.15, -0.1) is 11.6 Å². The summed E-state index contributed by atoms with van der Waals surface area (Å²) < 4.78 is 4.77. The summed E-state index contributed by atoms with van der Waals surface area (Å²) in [6, 6.07) is 4.42. The Kier molecular flexibility index (Phi) is 5.27. The van der Waals surface area contributed by atoms with Crippen LogP contribution in [-0.2, 0) is 21.8 Å². The van der Waals surface area contributed by atoms with Gasteiger partial charge in [-0.1, -0.05) is 0 Å². The molecule has 0 heterocycles. The number of hydrogen-bond donors (Lipinski definition) is 0. The summed E-state index contributed by atoms with van der Waals surface area (Å²) in [5.74, 6) is -0.675. The normalized spacial score (nSPS) is 9.74. The molecule has 0 saturated heterocycles. The van der Waals surface area contributed by atoms with Crippen LogP contribution in [0.4, 0.5) is 5.69 Å². The number of nitro groups is 1. The van der Waals surface area contributed by atoms with E-state index in [-0.39, 0.29) is 35.7 Å². The first-order chi connectivity index (χ1) is 9.04. The van der Waals surface area contributed by atoms with E-state index in [9.17, 15) is 14.9 Å². The predicted molar refractivity (Wildman–Crippen MR) is 67.7 cm³/mol. The molecular weight excluding hydrogens is 272 g/mol. The Labute approximate surface area is 114 Å². The number of benzene rings is 1. The van der Waals surface area contributed by atoms with Gasteiger partial charge in [-0.3, -0.25) is 14.9 Å². The number of hydrogen-bond acceptors (Lipinski definition) is 5. The molecule has 0 atom stereocenters. The van der Waals surface area contributed by atoms with Crippen molar-refractivity contribution in [3.05, 3.63) is 38.9 Å². The van der Waals surface area contributed by atoms with E-state index in [0.29, 0.717) is 5.56 Å². The predicted octanol–water partition coefficient (Wildman–Crippen LogP) is 2.31. The van der Waals surface area contributed by atoms with Crippen LogP contribution in [0, 0.1) is 21.4 Å². The van der Waals surface area contributed by atoms with Crippen molar-refractivity contribution in [2.75, 3.05) is 6.61 Å². The van der Waals surface area contributed by atoms with Crippen molar-refractivity contribution >= 4 is 23.3 Å². The van der Waals surface area contributed by atoms with Crippen LogP contribution in [0.3, 0.4) is 0 Å². The van der Waals surface area contributed by atoms with Gasteiger partial charge in [0.2, 0.25) is 0 Å². The molecule has 1 rings (SSSR count). The zero-order chi connectivity index (χ0) is 14.4. The van der Waals surface area contributed by atoms with Gasteiger partial charge in [0, 0.05) is 17.5 Å². The van der Waals surface area contributed by atoms with Crippen molar-refractivity contribution in [2.24, 2.45) is 0 Å². The molecule has 0 bridgehead atoms. The lowest BCUT2D eigenvalue weighted by Gasteiger charge is -2.09. The molecule has 0 amide bonds. The highest BCUT2D eigenvalue weighted by atomic mass is 35.5. The van der Waals surface area contributed by atoms with E-state index in [1.807, 2.05) is 6.07 Å². The molecule has 0 aliphatic carbocycles. The summed E-state index contributed by atoms with van der Waals surface area (Å²) >= 11 is 5.73. The highest BCUT2D eigenvalue weighted by Crippen LogP contribution is 2.27. The Hall–Kier alpha value is -2.13. The maximum atomic E-state index is 11.5. The monoisotopic (exact) mass is 282 g/mol. The molecule has 0 aromatic heterocycles. The van der Waals surface area contributed by atoms with E-state index in [1.165, 1.54) is 12.1 Å². The van der Waals surface area contributed by atoms with Gasteiger partial charge in [0.05, 0.1) is 29.6 Å². The van der Waals surface area contributed by atoms with Crippen molar-refractivity contribution in [2.45, 2.75) is 19.2 Å². The molecule has 0 spiro atoms. The van der Waals surface area contributed by atoms with E-state index in [2.05, 4.69) is 0 Å². The number of halogens is 1. The minimum atomic E-state index is -0.605. The van der Waals surface area contributed by atoms with Gasteiger partial charge < -0.3 is 4.74 Å². The average molecular weight is 283 g/mol. The number of nitro benzene ring substituents is 1. The van der Waals surface area contributed by atoms with Gasteiger partial charge in [-0.05, 0) is 18.6 Å². The van der Waals surface area contributed by atoms with Crippen molar-refractivity contribution in [1.29, 1.82) is 5.26 Å². The van der Waals surface area contributed by atoms with E-state index in [0.717, 1.165) is 0 Å². The Balaban J connectivity index is 3.34. The minimum absolute atomic E-state index is 0.0840. The number of nitrogens with zero attached hydrogens (tertiary/aromatic N) is 2. The van der Waals surface area contributed by atoms with Crippen LogP contribution in [0.2, 0.25) is 0 Å². The number of carbonyl (C=O) groups excluding carboxylic acids is 1. The van der Waals surface area contributed by atoms with Gasteiger partial charge in [0.15, 0.2) is 0 Å². The molecular formula is C12H11ClN2O4. The molecule has 0 aliphatic rings. The lowest BCUT2D eigenvalue weighted by molar-refractivity contribution is -0.385. The summed E-state index contributed by atoms with van der Waals surface area (Å²) in [6.45, 7) is 1.82. The molecule has 1 aromatic carbocycles. The quantitative estimate of drug-likeness (QED) is 0.357.